The van der Waals surface area contributed by atoms with Gasteiger partial charge in [-0.2, -0.15) is 0 Å². The van der Waals surface area contributed by atoms with Gasteiger partial charge in [-0.1, -0.05) is 60.7 Å². The minimum atomic E-state index is 0.232. The number of rotatable bonds is 8. The minimum Gasteiger partial charge on any atom is -0.357 e. The first-order chi connectivity index (χ1) is 15.8. The van der Waals surface area contributed by atoms with Gasteiger partial charge in [0.25, 0.3) is 0 Å². The average molecular weight is 425 g/mol. The third kappa shape index (κ3) is 5.60. The van der Waals surface area contributed by atoms with E-state index in [0.717, 1.165) is 30.4 Å². The lowest BCUT2D eigenvalue weighted by atomic mass is 9.91. The molecule has 0 saturated heterocycles. The van der Waals surface area contributed by atoms with Crippen molar-refractivity contribution < 1.29 is 0 Å². The van der Waals surface area contributed by atoms with Gasteiger partial charge in [0.15, 0.2) is 5.96 Å². The Morgan fingerprint density at radius 1 is 0.938 bits per heavy atom. The summed E-state index contributed by atoms with van der Waals surface area (Å²) >= 11 is 0. The smallest absolute Gasteiger partial charge is 0.191 e. The summed E-state index contributed by atoms with van der Waals surface area (Å²) in [4.78, 5) is 13.3. The number of aromatic nitrogens is 3. The van der Waals surface area contributed by atoms with Crippen molar-refractivity contribution in [3.63, 3.8) is 0 Å². The first kappa shape index (κ1) is 21.3. The molecule has 0 radical (unpaired) electrons. The second-order valence-electron chi connectivity index (χ2n) is 7.44. The predicted molar refractivity (Wildman–Crippen MR) is 129 cm³/mol. The minimum absolute atomic E-state index is 0.232. The van der Waals surface area contributed by atoms with Gasteiger partial charge in [0.05, 0.1) is 6.54 Å². The van der Waals surface area contributed by atoms with Crippen molar-refractivity contribution in [2.24, 2.45) is 4.99 Å². The molecule has 0 saturated carbocycles. The van der Waals surface area contributed by atoms with E-state index >= 15 is 0 Å². The first-order valence-corrected chi connectivity index (χ1v) is 10.9. The number of benzene rings is 2. The molecule has 2 aromatic heterocycles. The van der Waals surface area contributed by atoms with Gasteiger partial charge in [-0.05, 0) is 35.7 Å². The Kier molecular flexibility index (Phi) is 7.26. The van der Waals surface area contributed by atoms with Crippen molar-refractivity contribution >= 4 is 5.96 Å². The second kappa shape index (κ2) is 10.9. The summed E-state index contributed by atoms with van der Waals surface area (Å²) in [6.45, 7) is 4.17. The Morgan fingerprint density at radius 3 is 2.28 bits per heavy atom. The van der Waals surface area contributed by atoms with E-state index in [4.69, 9.17) is 4.99 Å². The fourth-order valence-corrected chi connectivity index (χ4v) is 3.60. The first-order valence-electron chi connectivity index (χ1n) is 10.9. The van der Waals surface area contributed by atoms with Crippen molar-refractivity contribution in [2.45, 2.75) is 19.4 Å². The number of nitrogens with zero attached hydrogens (tertiary/aromatic N) is 4. The number of imidazole rings is 1. The van der Waals surface area contributed by atoms with Crippen LogP contribution in [-0.4, -0.2) is 33.6 Å². The summed E-state index contributed by atoms with van der Waals surface area (Å²) in [5, 5.41) is 6.90. The number of nitrogens with one attached hydrogen (secondary N) is 2. The van der Waals surface area contributed by atoms with Crippen LogP contribution in [0, 0.1) is 0 Å². The number of guanidine groups is 1. The highest BCUT2D eigenvalue weighted by molar-refractivity contribution is 5.79. The van der Waals surface area contributed by atoms with Gasteiger partial charge in [0, 0.05) is 37.6 Å². The normalized spacial score (nSPS) is 11.5. The van der Waals surface area contributed by atoms with E-state index < -0.39 is 0 Å². The lowest BCUT2D eigenvalue weighted by Gasteiger charge is -2.20. The SMILES string of the molecule is CCNC(=NCc1ccnc(-n2ccnc2)c1)NCC(c1ccccc1)c1ccccc1. The van der Waals surface area contributed by atoms with Crippen LogP contribution < -0.4 is 10.6 Å². The van der Waals surface area contributed by atoms with Crippen LogP contribution in [0.3, 0.4) is 0 Å². The molecule has 4 rings (SSSR count). The summed E-state index contributed by atoms with van der Waals surface area (Å²) in [6.07, 6.45) is 7.18. The van der Waals surface area contributed by atoms with Crippen LogP contribution in [0.15, 0.2) is 103 Å². The van der Waals surface area contributed by atoms with Crippen molar-refractivity contribution in [3.05, 3.63) is 114 Å². The highest BCUT2D eigenvalue weighted by Crippen LogP contribution is 2.23. The molecule has 6 nitrogen and oxygen atoms in total. The van der Waals surface area contributed by atoms with E-state index in [-0.39, 0.29) is 5.92 Å². The molecule has 2 aromatic carbocycles. The lowest BCUT2D eigenvalue weighted by Crippen LogP contribution is -2.39. The quantitative estimate of drug-likeness (QED) is 0.329. The topological polar surface area (TPSA) is 67.1 Å². The zero-order valence-electron chi connectivity index (χ0n) is 18.2. The van der Waals surface area contributed by atoms with Gasteiger partial charge in [-0.25, -0.2) is 15.0 Å². The van der Waals surface area contributed by atoms with Crippen LogP contribution in [0.2, 0.25) is 0 Å². The molecule has 2 heterocycles. The van der Waals surface area contributed by atoms with Gasteiger partial charge in [0.1, 0.15) is 12.1 Å². The Morgan fingerprint density at radius 2 is 1.66 bits per heavy atom. The van der Waals surface area contributed by atoms with Gasteiger partial charge in [0.2, 0.25) is 0 Å². The molecule has 32 heavy (non-hydrogen) atoms. The van der Waals surface area contributed by atoms with Crippen LogP contribution in [0.25, 0.3) is 5.82 Å². The zero-order valence-corrected chi connectivity index (χ0v) is 18.2. The van der Waals surface area contributed by atoms with Gasteiger partial charge in [-0.15, -0.1) is 0 Å². The molecule has 4 aromatic rings. The number of pyridine rings is 1. The zero-order chi connectivity index (χ0) is 22.0. The molecule has 0 aliphatic heterocycles. The van der Waals surface area contributed by atoms with Gasteiger partial charge < -0.3 is 10.6 Å². The van der Waals surface area contributed by atoms with E-state index in [0.29, 0.717) is 6.54 Å². The van der Waals surface area contributed by atoms with E-state index in [1.54, 1.807) is 18.7 Å². The largest absolute Gasteiger partial charge is 0.357 e. The summed E-state index contributed by atoms with van der Waals surface area (Å²) < 4.78 is 1.89. The molecule has 0 fully saturated rings. The molecular formula is C26H28N6. The number of hydrogen-bond donors (Lipinski definition) is 2. The van der Waals surface area contributed by atoms with Crippen molar-refractivity contribution in [1.82, 2.24) is 25.2 Å². The maximum atomic E-state index is 4.81. The van der Waals surface area contributed by atoms with Crippen LogP contribution in [0.4, 0.5) is 0 Å². The molecule has 162 valence electrons. The molecule has 0 aliphatic rings. The number of hydrogen-bond acceptors (Lipinski definition) is 3. The second-order valence-corrected chi connectivity index (χ2v) is 7.44. The highest BCUT2D eigenvalue weighted by Gasteiger charge is 2.14. The molecule has 0 atom stereocenters. The highest BCUT2D eigenvalue weighted by atomic mass is 15.2. The monoisotopic (exact) mass is 424 g/mol. The fraction of sp³-hybridized carbons (Fsp3) is 0.192. The Hall–Kier alpha value is -3.93. The standard InChI is InChI=1S/C26H28N6/c1-2-28-26(30-18-21-13-14-29-25(17-21)32-16-15-27-20-32)31-19-24(22-9-5-3-6-10-22)23-11-7-4-8-12-23/h3-17,20,24H,2,18-19H2,1H3,(H2,28,30,31). The summed E-state index contributed by atoms with van der Waals surface area (Å²) in [7, 11) is 0. The Bertz CT molecular complexity index is 1070. The predicted octanol–water partition coefficient (Wildman–Crippen LogP) is 4.15. The van der Waals surface area contributed by atoms with Crippen LogP contribution in [0.1, 0.15) is 29.5 Å². The lowest BCUT2D eigenvalue weighted by molar-refractivity contribution is 0.729. The van der Waals surface area contributed by atoms with Gasteiger partial charge >= 0.3 is 0 Å². The molecule has 0 amide bonds. The van der Waals surface area contributed by atoms with Crippen LogP contribution in [0.5, 0.6) is 0 Å². The van der Waals surface area contributed by atoms with Crippen LogP contribution in [-0.2, 0) is 6.54 Å². The average Bonchev–Trinajstić information content (AvgIpc) is 3.39. The fourth-order valence-electron chi connectivity index (χ4n) is 3.60. The molecule has 6 heteroatoms. The molecule has 0 aliphatic carbocycles. The van der Waals surface area contributed by atoms with Crippen molar-refractivity contribution in [1.29, 1.82) is 0 Å². The van der Waals surface area contributed by atoms with Gasteiger partial charge in [-0.3, -0.25) is 4.57 Å². The summed E-state index contributed by atoms with van der Waals surface area (Å²) in [5.74, 6) is 1.86. The molecule has 0 unspecified atom stereocenters. The third-order valence-electron chi connectivity index (χ3n) is 5.22. The molecule has 2 N–H and O–H groups in total. The Balaban J connectivity index is 1.49. The summed E-state index contributed by atoms with van der Waals surface area (Å²) in [5.41, 5.74) is 3.64. The van der Waals surface area contributed by atoms with Crippen molar-refractivity contribution in [2.75, 3.05) is 13.1 Å². The maximum Gasteiger partial charge on any atom is 0.191 e. The maximum absolute atomic E-state index is 4.81. The number of aliphatic imine (C=N–C) groups is 1. The van der Waals surface area contributed by atoms with Crippen LogP contribution >= 0.6 is 0 Å². The molecular weight excluding hydrogens is 396 g/mol. The third-order valence-corrected chi connectivity index (χ3v) is 5.22. The molecule has 0 bridgehead atoms. The Labute approximate surface area is 189 Å². The van der Waals surface area contributed by atoms with E-state index in [1.807, 2.05) is 22.9 Å². The van der Waals surface area contributed by atoms with Crippen molar-refractivity contribution in [3.8, 4) is 5.82 Å². The summed E-state index contributed by atoms with van der Waals surface area (Å²) in [6, 6.07) is 25.2. The van der Waals surface area contributed by atoms with E-state index in [1.165, 1.54) is 11.1 Å². The van der Waals surface area contributed by atoms with E-state index in [9.17, 15) is 0 Å². The molecule has 0 spiro atoms. The van der Waals surface area contributed by atoms with E-state index in [2.05, 4.69) is 88.2 Å².